The molecule has 20 heavy (non-hydrogen) atoms. The van der Waals surface area contributed by atoms with Gasteiger partial charge < -0.3 is 15.5 Å². The van der Waals surface area contributed by atoms with Gasteiger partial charge in [-0.25, -0.2) is 9.59 Å². The molecule has 3 N–H and O–H groups in total. The van der Waals surface area contributed by atoms with Crippen LogP contribution in [0.15, 0.2) is 35.7 Å². The van der Waals surface area contributed by atoms with Crippen LogP contribution < -0.4 is 5.32 Å². The summed E-state index contributed by atoms with van der Waals surface area (Å²) >= 11 is 0.969. The average Bonchev–Trinajstić information content (AvgIpc) is 2.83. The summed E-state index contributed by atoms with van der Waals surface area (Å²) in [6.45, 7) is 0. The third-order valence-electron chi connectivity index (χ3n) is 2.51. The molecule has 1 amide bonds. The van der Waals surface area contributed by atoms with Crippen LogP contribution in [0.25, 0.3) is 11.1 Å². The first-order valence-corrected chi connectivity index (χ1v) is 6.33. The molecule has 0 bridgehead atoms. The maximum absolute atomic E-state index is 11.3. The number of aliphatic carboxylic acids is 1. The van der Waals surface area contributed by atoms with Crippen molar-refractivity contribution in [3.05, 3.63) is 41.3 Å². The molecule has 1 aromatic carbocycles. The predicted molar refractivity (Wildman–Crippen MR) is 73.0 cm³/mol. The van der Waals surface area contributed by atoms with E-state index in [1.165, 1.54) is 0 Å². The molecule has 0 aliphatic rings. The highest BCUT2D eigenvalue weighted by Gasteiger charge is 2.22. The van der Waals surface area contributed by atoms with Crippen molar-refractivity contribution in [2.24, 2.45) is 0 Å². The van der Waals surface area contributed by atoms with Crippen molar-refractivity contribution >= 4 is 34.2 Å². The Balaban J connectivity index is 2.46. The van der Waals surface area contributed by atoms with E-state index in [0.717, 1.165) is 11.3 Å². The smallest absolute Gasteiger partial charge is 0.394 e. The molecule has 1 aromatic heterocycles. The second kappa shape index (κ2) is 5.54. The molecule has 0 unspecified atom stereocenters. The number of nitrogens with one attached hydrogen (secondary N) is 1. The summed E-state index contributed by atoms with van der Waals surface area (Å²) in [5, 5.41) is 21.4. The van der Waals surface area contributed by atoms with Crippen LogP contribution in [0.5, 0.6) is 0 Å². The van der Waals surface area contributed by atoms with Gasteiger partial charge in [0, 0.05) is 10.9 Å². The Bertz CT molecular complexity index is 677. The summed E-state index contributed by atoms with van der Waals surface area (Å²) < 4.78 is 0. The van der Waals surface area contributed by atoms with Gasteiger partial charge in [-0.3, -0.25) is 4.79 Å². The Morgan fingerprint density at radius 3 is 2.25 bits per heavy atom. The summed E-state index contributed by atoms with van der Waals surface area (Å²) in [4.78, 5) is 33.0. The highest BCUT2D eigenvalue weighted by atomic mass is 32.1. The lowest BCUT2D eigenvalue weighted by Gasteiger charge is -2.03. The van der Waals surface area contributed by atoms with Gasteiger partial charge in [-0.1, -0.05) is 30.3 Å². The average molecular weight is 291 g/mol. The van der Waals surface area contributed by atoms with Crippen molar-refractivity contribution in [1.82, 2.24) is 0 Å². The normalized spacial score (nSPS) is 10.0. The first kappa shape index (κ1) is 13.8. The SMILES string of the molecule is O=C(O)C(=O)Nc1scc(-c2ccccc2)c1C(=O)O. The van der Waals surface area contributed by atoms with Gasteiger partial charge in [0.15, 0.2) is 0 Å². The summed E-state index contributed by atoms with van der Waals surface area (Å²) in [5.41, 5.74) is 0.997. The molecule has 0 aliphatic heterocycles. The number of rotatable bonds is 3. The first-order chi connectivity index (χ1) is 9.50. The standard InChI is InChI=1S/C13H9NO5S/c15-10(13(18)19)14-11-9(12(16)17)8(6-20-11)7-4-2-1-3-5-7/h1-6H,(H,14,15)(H,16,17)(H,18,19). The maximum Gasteiger partial charge on any atom is 0.394 e. The van der Waals surface area contributed by atoms with E-state index in [9.17, 15) is 19.5 Å². The predicted octanol–water partition coefficient (Wildman–Crippen LogP) is 2.14. The molecule has 6 nitrogen and oxygen atoms in total. The van der Waals surface area contributed by atoms with Gasteiger partial charge in [-0.2, -0.15) is 0 Å². The van der Waals surface area contributed by atoms with Gasteiger partial charge >= 0.3 is 17.8 Å². The number of carbonyl (C=O) groups is 3. The lowest BCUT2D eigenvalue weighted by Crippen LogP contribution is -2.22. The molecule has 0 aliphatic carbocycles. The molecule has 2 aromatic rings. The van der Waals surface area contributed by atoms with E-state index in [2.05, 4.69) is 5.32 Å². The van der Waals surface area contributed by atoms with Crippen LogP contribution in [0.4, 0.5) is 5.00 Å². The van der Waals surface area contributed by atoms with Gasteiger partial charge in [-0.05, 0) is 5.56 Å². The van der Waals surface area contributed by atoms with Crippen molar-refractivity contribution < 1.29 is 24.6 Å². The Morgan fingerprint density at radius 1 is 1.05 bits per heavy atom. The van der Waals surface area contributed by atoms with Crippen LogP contribution >= 0.6 is 11.3 Å². The molecule has 2 rings (SSSR count). The van der Waals surface area contributed by atoms with Crippen molar-refractivity contribution in [2.45, 2.75) is 0 Å². The second-order valence-corrected chi connectivity index (χ2v) is 4.66. The Labute approximate surface area is 117 Å². The Kier molecular flexibility index (Phi) is 3.81. The number of thiophene rings is 1. The molecule has 0 atom stereocenters. The van der Waals surface area contributed by atoms with Crippen molar-refractivity contribution in [1.29, 1.82) is 0 Å². The van der Waals surface area contributed by atoms with E-state index in [4.69, 9.17) is 5.11 Å². The highest BCUT2D eigenvalue weighted by Crippen LogP contribution is 2.35. The number of benzene rings is 1. The Morgan fingerprint density at radius 2 is 1.70 bits per heavy atom. The molecule has 7 heteroatoms. The fraction of sp³-hybridized carbons (Fsp3) is 0. The van der Waals surface area contributed by atoms with Crippen LogP contribution in [-0.4, -0.2) is 28.1 Å². The van der Waals surface area contributed by atoms with E-state index in [-0.39, 0.29) is 10.6 Å². The third kappa shape index (κ3) is 2.67. The largest absolute Gasteiger partial charge is 0.478 e. The minimum absolute atomic E-state index is 0.00348. The quantitative estimate of drug-likeness (QED) is 0.752. The topological polar surface area (TPSA) is 104 Å². The molecule has 0 spiro atoms. The van der Waals surface area contributed by atoms with Gasteiger partial charge in [0.1, 0.15) is 10.6 Å². The molecule has 0 saturated heterocycles. The zero-order valence-corrected chi connectivity index (χ0v) is 10.8. The van der Waals surface area contributed by atoms with E-state index in [0.29, 0.717) is 11.1 Å². The Hall–Kier alpha value is -2.67. The minimum atomic E-state index is -1.67. The van der Waals surface area contributed by atoms with Crippen molar-refractivity contribution in [2.75, 3.05) is 5.32 Å². The number of hydrogen-bond acceptors (Lipinski definition) is 4. The molecular weight excluding hydrogens is 282 g/mol. The molecule has 0 fully saturated rings. The molecule has 1 heterocycles. The summed E-state index contributed by atoms with van der Waals surface area (Å²) in [5.74, 6) is -4.17. The monoisotopic (exact) mass is 291 g/mol. The summed E-state index contributed by atoms with van der Waals surface area (Å²) in [6, 6.07) is 8.78. The van der Waals surface area contributed by atoms with Crippen LogP contribution in [0.3, 0.4) is 0 Å². The van der Waals surface area contributed by atoms with Crippen LogP contribution in [0.2, 0.25) is 0 Å². The third-order valence-corrected chi connectivity index (χ3v) is 3.41. The van der Waals surface area contributed by atoms with Gasteiger partial charge in [0.25, 0.3) is 0 Å². The zero-order chi connectivity index (χ0) is 14.7. The molecule has 0 saturated carbocycles. The molecular formula is C13H9NO5S. The molecule has 102 valence electrons. The number of hydrogen-bond donors (Lipinski definition) is 3. The van der Waals surface area contributed by atoms with Crippen molar-refractivity contribution in [3.8, 4) is 11.1 Å². The fourth-order valence-corrected chi connectivity index (χ4v) is 2.61. The number of carbonyl (C=O) groups excluding carboxylic acids is 1. The van der Waals surface area contributed by atoms with E-state index in [1.807, 2.05) is 0 Å². The summed E-state index contributed by atoms with van der Waals surface area (Å²) in [6.07, 6.45) is 0. The highest BCUT2D eigenvalue weighted by molar-refractivity contribution is 7.15. The lowest BCUT2D eigenvalue weighted by atomic mass is 10.0. The number of carboxylic acid groups (broad SMARTS) is 2. The van der Waals surface area contributed by atoms with Crippen LogP contribution in [-0.2, 0) is 9.59 Å². The number of amides is 1. The fourth-order valence-electron chi connectivity index (χ4n) is 1.65. The van der Waals surface area contributed by atoms with Gasteiger partial charge in [0.2, 0.25) is 0 Å². The maximum atomic E-state index is 11.3. The number of carboxylic acids is 2. The number of aromatic carboxylic acids is 1. The lowest BCUT2D eigenvalue weighted by molar-refractivity contribution is -0.147. The van der Waals surface area contributed by atoms with Crippen molar-refractivity contribution in [3.63, 3.8) is 0 Å². The van der Waals surface area contributed by atoms with Gasteiger partial charge in [0.05, 0.1) is 0 Å². The van der Waals surface area contributed by atoms with E-state index in [1.54, 1.807) is 35.7 Å². The van der Waals surface area contributed by atoms with Crippen LogP contribution in [0.1, 0.15) is 10.4 Å². The van der Waals surface area contributed by atoms with E-state index < -0.39 is 17.8 Å². The summed E-state index contributed by atoms with van der Waals surface area (Å²) in [7, 11) is 0. The number of anilines is 1. The first-order valence-electron chi connectivity index (χ1n) is 5.45. The molecule has 0 radical (unpaired) electrons. The van der Waals surface area contributed by atoms with Crippen LogP contribution in [0, 0.1) is 0 Å². The van der Waals surface area contributed by atoms with E-state index >= 15 is 0 Å². The zero-order valence-electron chi connectivity index (χ0n) is 9.99. The second-order valence-electron chi connectivity index (χ2n) is 3.78. The minimum Gasteiger partial charge on any atom is -0.478 e. The van der Waals surface area contributed by atoms with Gasteiger partial charge in [-0.15, -0.1) is 11.3 Å².